The fourth-order valence-electron chi connectivity index (χ4n) is 5.35. The van der Waals surface area contributed by atoms with Gasteiger partial charge in [0.05, 0.1) is 23.1 Å². The topological polar surface area (TPSA) is 92.8 Å². The molecule has 2 saturated carbocycles. The number of imide groups is 1. The van der Waals surface area contributed by atoms with E-state index in [0.717, 1.165) is 19.3 Å². The van der Waals surface area contributed by atoms with Gasteiger partial charge in [-0.15, -0.1) is 0 Å². The van der Waals surface area contributed by atoms with E-state index in [2.05, 4.69) is 5.32 Å². The molecule has 7 nitrogen and oxygen atoms in total. The molecule has 0 radical (unpaired) electrons. The largest absolute Gasteiger partial charge is 0.452 e. The van der Waals surface area contributed by atoms with E-state index in [0.29, 0.717) is 23.2 Å². The van der Waals surface area contributed by atoms with Gasteiger partial charge in [0.25, 0.3) is 5.91 Å². The first-order valence-electron chi connectivity index (χ1n) is 10.6. The molecule has 32 heavy (non-hydrogen) atoms. The molecule has 164 valence electrons. The second-order valence-electron chi connectivity index (χ2n) is 8.57. The van der Waals surface area contributed by atoms with Gasteiger partial charge in [0, 0.05) is 5.69 Å². The highest BCUT2D eigenvalue weighted by Crippen LogP contribution is 2.56. The molecule has 1 N–H and O–H groups in total. The molecule has 2 aliphatic carbocycles. The van der Waals surface area contributed by atoms with Crippen LogP contribution in [0, 0.1) is 29.5 Å². The summed E-state index contributed by atoms with van der Waals surface area (Å²) in [6.45, 7) is -0.507. The summed E-state index contributed by atoms with van der Waals surface area (Å²) in [5.41, 5.74) is 1.03. The summed E-state index contributed by atoms with van der Waals surface area (Å²) in [6.07, 6.45) is 3.00. The first-order valence-corrected chi connectivity index (χ1v) is 10.6. The van der Waals surface area contributed by atoms with Gasteiger partial charge in [-0.3, -0.25) is 19.3 Å². The minimum atomic E-state index is -0.709. The maximum atomic E-state index is 12.9. The van der Waals surface area contributed by atoms with Gasteiger partial charge in [-0.05, 0) is 79.6 Å². The molecule has 5 rings (SSSR count). The number of amides is 3. The minimum absolute atomic E-state index is 0.139. The van der Waals surface area contributed by atoms with E-state index in [4.69, 9.17) is 4.74 Å². The molecule has 3 aliphatic rings. The predicted molar refractivity (Wildman–Crippen MR) is 112 cm³/mol. The fraction of sp³-hybridized carbons (Fsp3) is 0.333. The number of nitrogens with zero attached hydrogens (tertiary/aromatic N) is 1. The van der Waals surface area contributed by atoms with Crippen molar-refractivity contribution < 1.29 is 28.3 Å². The van der Waals surface area contributed by atoms with Gasteiger partial charge in [0.15, 0.2) is 6.61 Å². The Hall–Kier alpha value is -3.55. The Kier molecular flexibility index (Phi) is 5.00. The number of halogens is 1. The summed E-state index contributed by atoms with van der Waals surface area (Å²) in [4.78, 5) is 51.2. The molecule has 3 fully saturated rings. The fourth-order valence-corrected chi connectivity index (χ4v) is 5.35. The number of carbonyl (C=O) groups is 4. The summed E-state index contributed by atoms with van der Waals surface area (Å²) in [5.74, 6) is -1.76. The summed E-state index contributed by atoms with van der Waals surface area (Å²) >= 11 is 0. The van der Waals surface area contributed by atoms with Crippen molar-refractivity contribution in [2.75, 3.05) is 16.8 Å². The molecular weight excluding hydrogens is 415 g/mol. The zero-order valence-corrected chi connectivity index (χ0v) is 17.1. The van der Waals surface area contributed by atoms with Crippen LogP contribution < -0.4 is 10.2 Å². The summed E-state index contributed by atoms with van der Waals surface area (Å²) < 4.78 is 17.9. The van der Waals surface area contributed by atoms with Crippen LogP contribution in [-0.2, 0) is 19.1 Å². The predicted octanol–water partition coefficient (Wildman–Crippen LogP) is 3.16. The van der Waals surface area contributed by atoms with Crippen LogP contribution in [0.25, 0.3) is 0 Å². The number of benzene rings is 2. The van der Waals surface area contributed by atoms with Gasteiger partial charge in [0.2, 0.25) is 11.8 Å². The molecular formula is C24H21FN2O5. The molecule has 0 unspecified atom stereocenters. The standard InChI is InChI=1S/C24H21FN2O5/c25-16-5-7-17(8-6-16)26-19(28)12-32-24(31)13-3-9-18(10-4-13)27-22(29)20-14-1-2-15(11-14)21(20)23(27)30/h3-10,14-15,20-21H,1-2,11-12H2,(H,26,28)/t14-,15-,20+,21+/m0/s1. The van der Waals surface area contributed by atoms with Crippen LogP contribution >= 0.6 is 0 Å². The molecule has 2 bridgehead atoms. The Bertz CT molecular complexity index is 1070. The van der Waals surface area contributed by atoms with Crippen molar-refractivity contribution in [3.8, 4) is 0 Å². The van der Waals surface area contributed by atoms with Gasteiger partial charge in [-0.2, -0.15) is 0 Å². The van der Waals surface area contributed by atoms with Crippen molar-refractivity contribution in [2.45, 2.75) is 19.3 Å². The highest BCUT2D eigenvalue weighted by Gasteiger charge is 2.61. The van der Waals surface area contributed by atoms with Gasteiger partial charge in [0.1, 0.15) is 5.82 Å². The Balaban J connectivity index is 1.20. The third-order valence-electron chi connectivity index (χ3n) is 6.75. The van der Waals surface area contributed by atoms with E-state index in [9.17, 15) is 23.6 Å². The SMILES string of the molecule is O=C(COC(=O)c1ccc(N2C(=O)[C@@H]3[C@H]4CC[C@@H](C4)[C@H]3C2=O)cc1)Nc1ccc(F)cc1. The maximum absolute atomic E-state index is 12.9. The number of rotatable bonds is 5. The summed E-state index contributed by atoms with van der Waals surface area (Å²) in [5, 5.41) is 2.50. The van der Waals surface area contributed by atoms with E-state index in [1.165, 1.54) is 41.3 Å². The molecule has 3 amide bonds. The zero-order valence-electron chi connectivity index (χ0n) is 17.1. The van der Waals surface area contributed by atoms with E-state index < -0.39 is 24.3 Å². The minimum Gasteiger partial charge on any atom is -0.452 e. The first-order chi connectivity index (χ1) is 15.4. The number of hydrogen-bond acceptors (Lipinski definition) is 5. The number of anilines is 2. The van der Waals surface area contributed by atoms with Crippen molar-refractivity contribution >= 4 is 35.1 Å². The third kappa shape index (κ3) is 3.45. The van der Waals surface area contributed by atoms with E-state index in [-0.39, 0.29) is 29.2 Å². The lowest BCUT2D eigenvalue weighted by molar-refractivity contribution is -0.123. The van der Waals surface area contributed by atoms with Gasteiger partial charge in [-0.1, -0.05) is 0 Å². The van der Waals surface area contributed by atoms with Gasteiger partial charge in [-0.25, -0.2) is 9.18 Å². The first kappa shape index (κ1) is 20.4. The average molecular weight is 436 g/mol. The van der Waals surface area contributed by atoms with Crippen LogP contribution in [-0.4, -0.2) is 30.3 Å². The van der Waals surface area contributed by atoms with Crippen molar-refractivity contribution in [1.82, 2.24) is 0 Å². The van der Waals surface area contributed by atoms with E-state index in [1.54, 1.807) is 12.1 Å². The summed E-state index contributed by atoms with van der Waals surface area (Å²) in [7, 11) is 0. The Morgan fingerprint density at radius 1 is 0.938 bits per heavy atom. The Morgan fingerprint density at radius 3 is 2.12 bits per heavy atom. The number of nitrogens with one attached hydrogen (secondary N) is 1. The quantitative estimate of drug-likeness (QED) is 0.574. The van der Waals surface area contributed by atoms with Crippen LogP contribution in [0.4, 0.5) is 15.8 Å². The molecule has 2 aromatic rings. The monoisotopic (exact) mass is 436 g/mol. The van der Waals surface area contributed by atoms with Crippen LogP contribution in [0.3, 0.4) is 0 Å². The zero-order chi connectivity index (χ0) is 22.4. The molecule has 2 aromatic carbocycles. The maximum Gasteiger partial charge on any atom is 0.338 e. The van der Waals surface area contributed by atoms with E-state index in [1.807, 2.05) is 0 Å². The molecule has 1 heterocycles. The third-order valence-corrected chi connectivity index (χ3v) is 6.75. The highest BCUT2D eigenvalue weighted by atomic mass is 19.1. The lowest BCUT2D eigenvalue weighted by Gasteiger charge is -2.19. The molecule has 0 aromatic heterocycles. The number of ether oxygens (including phenoxy) is 1. The number of carbonyl (C=O) groups excluding carboxylic acids is 4. The molecule has 1 aliphatic heterocycles. The van der Waals surface area contributed by atoms with Crippen LogP contribution in [0.15, 0.2) is 48.5 Å². The van der Waals surface area contributed by atoms with Crippen LogP contribution in [0.5, 0.6) is 0 Å². The normalized spacial score (nSPS) is 25.7. The van der Waals surface area contributed by atoms with Crippen molar-refractivity contribution in [1.29, 1.82) is 0 Å². The van der Waals surface area contributed by atoms with Crippen LogP contribution in [0.2, 0.25) is 0 Å². The van der Waals surface area contributed by atoms with Crippen molar-refractivity contribution in [3.63, 3.8) is 0 Å². The number of hydrogen-bond donors (Lipinski definition) is 1. The van der Waals surface area contributed by atoms with E-state index >= 15 is 0 Å². The lowest BCUT2D eigenvalue weighted by atomic mass is 9.81. The number of fused-ring (bicyclic) bond motifs is 5. The smallest absolute Gasteiger partial charge is 0.338 e. The van der Waals surface area contributed by atoms with Crippen molar-refractivity contribution in [3.05, 3.63) is 59.9 Å². The number of esters is 1. The molecule has 1 saturated heterocycles. The van der Waals surface area contributed by atoms with Crippen molar-refractivity contribution in [2.24, 2.45) is 23.7 Å². The highest BCUT2D eigenvalue weighted by molar-refractivity contribution is 6.22. The molecule has 4 atom stereocenters. The lowest BCUT2D eigenvalue weighted by Crippen LogP contribution is -2.32. The average Bonchev–Trinajstić information content (AvgIpc) is 3.47. The Labute approximate surface area is 183 Å². The Morgan fingerprint density at radius 2 is 1.53 bits per heavy atom. The van der Waals surface area contributed by atoms with Gasteiger partial charge < -0.3 is 10.1 Å². The van der Waals surface area contributed by atoms with Gasteiger partial charge >= 0.3 is 5.97 Å². The molecule has 0 spiro atoms. The second kappa shape index (κ2) is 7.85. The van der Waals surface area contributed by atoms with Crippen LogP contribution in [0.1, 0.15) is 29.6 Å². The second-order valence-corrected chi connectivity index (χ2v) is 8.57. The summed E-state index contributed by atoms with van der Waals surface area (Å²) in [6, 6.07) is 11.2. The molecule has 8 heteroatoms.